The van der Waals surface area contributed by atoms with Gasteiger partial charge in [0.15, 0.2) is 0 Å². The molecule has 3 aromatic carbocycles. The molecule has 0 unspecified atom stereocenters. The first-order valence-corrected chi connectivity index (χ1v) is 12.7. The van der Waals surface area contributed by atoms with E-state index in [-0.39, 0.29) is 5.57 Å². The molecule has 1 aliphatic heterocycles. The highest BCUT2D eigenvalue weighted by atomic mass is 35.5. The minimum absolute atomic E-state index is 0.0868. The molecular formula is C28H22ClN3O3S. The van der Waals surface area contributed by atoms with Gasteiger partial charge < -0.3 is 4.57 Å². The number of imide groups is 2. The number of aryl methyl sites for hydroxylation is 2. The van der Waals surface area contributed by atoms with Gasteiger partial charge in [0.25, 0.3) is 11.8 Å². The van der Waals surface area contributed by atoms with Gasteiger partial charge in [-0.15, -0.1) is 11.8 Å². The number of benzene rings is 3. The van der Waals surface area contributed by atoms with Gasteiger partial charge in [-0.1, -0.05) is 48.0 Å². The topological polar surface area (TPSA) is 71.4 Å². The number of carbonyl (C=O) groups excluding carboxylic acids is 3. The third-order valence-electron chi connectivity index (χ3n) is 5.99. The molecule has 4 amide bonds. The van der Waals surface area contributed by atoms with E-state index in [4.69, 9.17) is 11.6 Å². The van der Waals surface area contributed by atoms with Crippen LogP contribution in [-0.4, -0.2) is 28.2 Å². The fourth-order valence-electron chi connectivity index (χ4n) is 4.21. The van der Waals surface area contributed by atoms with E-state index in [2.05, 4.69) is 9.88 Å². The van der Waals surface area contributed by atoms with Crippen molar-refractivity contribution in [2.45, 2.75) is 18.4 Å². The predicted octanol–water partition coefficient (Wildman–Crippen LogP) is 6.06. The molecule has 0 bridgehead atoms. The zero-order valence-electron chi connectivity index (χ0n) is 19.4. The van der Waals surface area contributed by atoms with Gasteiger partial charge >= 0.3 is 6.03 Å². The molecule has 0 aliphatic carbocycles. The summed E-state index contributed by atoms with van der Waals surface area (Å²) in [4.78, 5) is 40.8. The standard InChI is InChI=1S/C28H22ClN3O3S/c1-18-6-2-4-8-24(18)32-27(34)23(26(33)30-28(32)35)16-19-17-31(25-9-5-3-7-22(19)25)14-15-36-21-12-10-20(29)11-13-21/h2-13,16-17H,14-15H2,1H3,(H,30,33,35)/b23-16+. The second-order valence-electron chi connectivity index (χ2n) is 8.34. The quantitative estimate of drug-likeness (QED) is 0.192. The van der Waals surface area contributed by atoms with E-state index in [1.54, 1.807) is 30.0 Å². The van der Waals surface area contributed by atoms with Crippen molar-refractivity contribution in [1.29, 1.82) is 0 Å². The fourth-order valence-corrected chi connectivity index (χ4v) is 5.19. The average Bonchev–Trinajstić information content (AvgIpc) is 3.21. The van der Waals surface area contributed by atoms with Crippen molar-refractivity contribution < 1.29 is 14.4 Å². The third-order valence-corrected chi connectivity index (χ3v) is 7.24. The summed E-state index contributed by atoms with van der Waals surface area (Å²) in [5, 5.41) is 3.93. The fraction of sp³-hybridized carbons (Fsp3) is 0.107. The monoisotopic (exact) mass is 515 g/mol. The summed E-state index contributed by atoms with van der Waals surface area (Å²) in [6, 6.07) is 21.9. The second kappa shape index (κ2) is 10.0. The molecule has 180 valence electrons. The number of amides is 4. The number of para-hydroxylation sites is 2. The molecule has 8 heteroatoms. The lowest BCUT2D eigenvalue weighted by Crippen LogP contribution is -2.54. The van der Waals surface area contributed by atoms with Crippen LogP contribution >= 0.6 is 23.4 Å². The smallest absolute Gasteiger partial charge is 0.335 e. The van der Waals surface area contributed by atoms with Crippen molar-refractivity contribution in [2.75, 3.05) is 10.7 Å². The van der Waals surface area contributed by atoms with E-state index in [0.717, 1.165) is 44.1 Å². The van der Waals surface area contributed by atoms with Gasteiger partial charge in [0.1, 0.15) is 5.57 Å². The van der Waals surface area contributed by atoms with Crippen molar-refractivity contribution in [3.63, 3.8) is 0 Å². The maximum absolute atomic E-state index is 13.4. The Kier molecular flexibility index (Phi) is 6.67. The highest BCUT2D eigenvalue weighted by Crippen LogP contribution is 2.28. The number of halogens is 1. The van der Waals surface area contributed by atoms with Crippen molar-refractivity contribution in [3.8, 4) is 0 Å². The van der Waals surface area contributed by atoms with Crippen LogP contribution in [0.25, 0.3) is 17.0 Å². The van der Waals surface area contributed by atoms with Crippen molar-refractivity contribution >= 4 is 63.9 Å². The zero-order chi connectivity index (χ0) is 25.2. The van der Waals surface area contributed by atoms with Crippen LogP contribution in [0.3, 0.4) is 0 Å². The number of hydrogen-bond acceptors (Lipinski definition) is 4. The van der Waals surface area contributed by atoms with Crippen LogP contribution in [0.2, 0.25) is 5.02 Å². The number of carbonyl (C=O) groups is 3. The minimum Gasteiger partial charge on any atom is -0.346 e. The summed E-state index contributed by atoms with van der Waals surface area (Å²) < 4.78 is 2.11. The number of fused-ring (bicyclic) bond motifs is 1. The molecule has 0 atom stereocenters. The normalized spacial score (nSPS) is 15.1. The molecule has 1 saturated heterocycles. The first kappa shape index (κ1) is 23.9. The number of hydrogen-bond donors (Lipinski definition) is 1. The van der Waals surface area contributed by atoms with Crippen LogP contribution in [0.4, 0.5) is 10.5 Å². The molecule has 36 heavy (non-hydrogen) atoms. The van der Waals surface area contributed by atoms with Gasteiger partial charge in [-0.05, 0) is 55.0 Å². The van der Waals surface area contributed by atoms with Crippen LogP contribution < -0.4 is 10.2 Å². The largest absolute Gasteiger partial charge is 0.346 e. The van der Waals surface area contributed by atoms with Crippen LogP contribution in [0.15, 0.2) is 89.5 Å². The molecule has 2 heterocycles. The Hall–Kier alpha value is -3.81. The van der Waals surface area contributed by atoms with Gasteiger partial charge in [0.05, 0.1) is 5.69 Å². The number of aromatic nitrogens is 1. The van der Waals surface area contributed by atoms with E-state index < -0.39 is 17.8 Å². The number of thioether (sulfide) groups is 1. The highest BCUT2D eigenvalue weighted by molar-refractivity contribution is 7.99. The molecule has 1 aliphatic rings. The lowest BCUT2D eigenvalue weighted by Gasteiger charge is -2.27. The summed E-state index contributed by atoms with van der Waals surface area (Å²) in [7, 11) is 0. The Morgan fingerprint density at radius 3 is 2.44 bits per heavy atom. The number of rotatable bonds is 6. The minimum atomic E-state index is -0.752. The summed E-state index contributed by atoms with van der Waals surface area (Å²) in [6.07, 6.45) is 3.51. The van der Waals surface area contributed by atoms with Crippen LogP contribution in [0, 0.1) is 6.92 Å². The Morgan fingerprint density at radius 2 is 1.67 bits per heavy atom. The van der Waals surface area contributed by atoms with Crippen molar-refractivity contribution in [2.24, 2.45) is 0 Å². The maximum atomic E-state index is 13.4. The van der Waals surface area contributed by atoms with Gasteiger partial charge in [0, 0.05) is 44.9 Å². The van der Waals surface area contributed by atoms with Gasteiger partial charge in [0.2, 0.25) is 0 Å². The maximum Gasteiger partial charge on any atom is 0.335 e. The first-order valence-electron chi connectivity index (χ1n) is 11.4. The van der Waals surface area contributed by atoms with Crippen molar-refractivity contribution in [1.82, 2.24) is 9.88 Å². The van der Waals surface area contributed by atoms with Gasteiger partial charge in [-0.3, -0.25) is 14.9 Å². The van der Waals surface area contributed by atoms with E-state index in [9.17, 15) is 14.4 Å². The van der Waals surface area contributed by atoms with E-state index >= 15 is 0 Å². The Morgan fingerprint density at radius 1 is 0.944 bits per heavy atom. The Labute approximate surface area is 217 Å². The number of nitrogens with one attached hydrogen (secondary N) is 1. The molecule has 0 radical (unpaired) electrons. The van der Waals surface area contributed by atoms with Crippen LogP contribution in [0.1, 0.15) is 11.1 Å². The summed E-state index contributed by atoms with van der Waals surface area (Å²) in [5.41, 5.74) is 2.84. The summed E-state index contributed by atoms with van der Waals surface area (Å²) in [5.74, 6) is -0.524. The van der Waals surface area contributed by atoms with Gasteiger partial charge in [-0.25, -0.2) is 9.69 Å². The summed E-state index contributed by atoms with van der Waals surface area (Å²) >= 11 is 7.70. The number of nitrogens with zero attached hydrogens (tertiary/aromatic N) is 2. The van der Waals surface area contributed by atoms with Crippen LogP contribution in [-0.2, 0) is 16.1 Å². The molecule has 0 saturated carbocycles. The molecule has 1 N–H and O–H groups in total. The molecule has 1 aromatic heterocycles. The third kappa shape index (κ3) is 4.67. The zero-order valence-corrected chi connectivity index (χ0v) is 21.0. The van der Waals surface area contributed by atoms with E-state index in [1.807, 2.05) is 73.8 Å². The van der Waals surface area contributed by atoms with Crippen LogP contribution in [0.5, 0.6) is 0 Å². The molecule has 6 nitrogen and oxygen atoms in total. The van der Waals surface area contributed by atoms with E-state index in [0.29, 0.717) is 10.7 Å². The number of anilines is 1. The molecule has 1 fully saturated rings. The first-order chi connectivity index (χ1) is 17.4. The second-order valence-corrected chi connectivity index (χ2v) is 9.95. The summed E-state index contributed by atoms with van der Waals surface area (Å²) in [6.45, 7) is 2.54. The lowest BCUT2D eigenvalue weighted by molar-refractivity contribution is -0.122. The average molecular weight is 516 g/mol. The molecule has 5 rings (SSSR count). The molecular weight excluding hydrogens is 494 g/mol. The lowest BCUT2D eigenvalue weighted by atomic mass is 10.1. The Balaban J connectivity index is 1.46. The number of barbiturate groups is 1. The molecule has 4 aromatic rings. The highest BCUT2D eigenvalue weighted by Gasteiger charge is 2.37. The predicted molar refractivity (Wildman–Crippen MR) is 144 cm³/mol. The SMILES string of the molecule is Cc1ccccc1N1C(=O)NC(=O)/C(=C\c2cn(CCSc3ccc(Cl)cc3)c3ccccc23)C1=O. The van der Waals surface area contributed by atoms with Gasteiger partial charge in [-0.2, -0.15) is 0 Å². The Bertz CT molecular complexity index is 1520. The molecule has 0 spiro atoms. The van der Waals surface area contributed by atoms with Crippen molar-refractivity contribution in [3.05, 3.63) is 101 Å². The number of urea groups is 1. The van der Waals surface area contributed by atoms with E-state index in [1.165, 1.54) is 0 Å².